The van der Waals surface area contributed by atoms with Gasteiger partial charge in [-0.1, -0.05) is 24.3 Å². The molecule has 0 amide bonds. The number of fused-ring (bicyclic) bond motifs is 2. The molecule has 0 saturated carbocycles. The number of Topliss-reactive ketones (excluding diaryl/α,β-unsaturated/α-hetero) is 1. The Morgan fingerprint density at radius 3 is 2.48 bits per heavy atom. The number of imidazole rings is 1. The number of hydrogen-bond donors (Lipinski definition) is 0. The molecular formula is C30H25N3O6S. The molecule has 0 spiro atoms. The second-order valence-corrected chi connectivity index (χ2v) is 9.93. The van der Waals surface area contributed by atoms with E-state index in [4.69, 9.17) is 23.4 Å². The summed E-state index contributed by atoms with van der Waals surface area (Å²) in [5.41, 5.74) is 3.76. The summed E-state index contributed by atoms with van der Waals surface area (Å²) in [5, 5.41) is 5.66. The second-order valence-electron chi connectivity index (χ2n) is 9.01. The summed E-state index contributed by atoms with van der Waals surface area (Å²) < 4.78 is 29.9. The summed E-state index contributed by atoms with van der Waals surface area (Å²) in [5.74, 6) is 2.57. The lowest BCUT2D eigenvalue weighted by atomic mass is 10.0. The van der Waals surface area contributed by atoms with Crippen molar-refractivity contribution >= 4 is 33.1 Å². The van der Waals surface area contributed by atoms with E-state index in [2.05, 4.69) is 10.1 Å². The van der Waals surface area contributed by atoms with Crippen LogP contribution in [-0.2, 0) is 13.0 Å². The van der Waals surface area contributed by atoms with E-state index in [0.29, 0.717) is 50.9 Å². The first kappa shape index (κ1) is 25.4. The van der Waals surface area contributed by atoms with Gasteiger partial charge < -0.3 is 23.4 Å². The van der Waals surface area contributed by atoms with Gasteiger partial charge in [-0.3, -0.25) is 4.79 Å². The van der Waals surface area contributed by atoms with Crippen molar-refractivity contribution in [1.82, 2.24) is 14.6 Å². The van der Waals surface area contributed by atoms with Gasteiger partial charge in [-0.05, 0) is 52.8 Å². The molecule has 0 atom stereocenters. The maximum atomic E-state index is 12.8. The van der Waals surface area contributed by atoms with Crippen molar-refractivity contribution in [2.45, 2.75) is 13.0 Å². The number of furan rings is 1. The number of nitrogens with zero attached hydrogens (tertiary/aromatic N) is 3. The van der Waals surface area contributed by atoms with Crippen LogP contribution in [0.25, 0.3) is 27.4 Å². The van der Waals surface area contributed by atoms with Gasteiger partial charge >= 0.3 is 0 Å². The van der Waals surface area contributed by atoms with Gasteiger partial charge in [-0.25, -0.2) is 9.50 Å². The highest BCUT2D eigenvalue weighted by Gasteiger charge is 2.17. The zero-order valence-electron chi connectivity index (χ0n) is 22.0. The van der Waals surface area contributed by atoms with Gasteiger partial charge in [0.1, 0.15) is 35.1 Å². The zero-order valence-corrected chi connectivity index (χ0v) is 22.9. The third-order valence-electron chi connectivity index (χ3n) is 6.42. The Morgan fingerprint density at radius 1 is 0.925 bits per heavy atom. The van der Waals surface area contributed by atoms with Crippen LogP contribution < -0.4 is 18.9 Å². The van der Waals surface area contributed by atoms with E-state index in [9.17, 15) is 4.79 Å². The van der Waals surface area contributed by atoms with Crippen molar-refractivity contribution < 1.29 is 28.2 Å². The molecule has 9 nitrogen and oxygen atoms in total. The van der Waals surface area contributed by atoms with Crippen LogP contribution in [0.3, 0.4) is 0 Å². The maximum absolute atomic E-state index is 12.8. The molecule has 0 aliphatic carbocycles. The molecule has 0 bridgehead atoms. The normalized spacial score (nSPS) is 11.2. The van der Waals surface area contributed by atoms with E-state index >= 15 is 0 Å². The maximum Gasteiger partial charge on any atom is 0.294 e. The smallest absolute Gasteiger partial charge is 0.294 e. The largest absolute Gasteiger partial charge is 0.497 e. The molecule has 3 heterocycles. The lowest BCUT2D eigenvalue weighted by Crippen LogP contribution is -2.04. The van der Waals surface area contributed by atoms with Crippen molar-refractivity contribution in [1.29, 1.82) is 0 Å². The zero-order chi connectivity index (χ0) is 27.6. The number of ether oxygens (including phenoxy) is 4. The average Bonchev–Trinajstić information content (AvgIpc) is 3.69. The molecule has 6 rings (SSSR count). The topological polar surface area (TPSA) is 97.3 Å². The van der Waals surface area contributed by atoms with E-state index in [1.165, 1.54) is 11.3 Å². The number of methoxy groups -OCH3 is 3. The SMILES string of the molecule is COc1ccc(C(=O)Cc2cccc(COc3cc(OC)cc4oc(-c5cn6nc(OC)sc6n5)cc34)c2)cc1. The van der Waals surface area contributed by atoms with Crippen molar-refractivity contribution in [2.24, 2.45) is 0 Å². The predicted octanol–water partition coefficient (Wildman–Crippen LogP) is 6.23. The lowest BCUT2D eigenvalue weighted by Gasteiger charge is -2.10. The highest BCUT2D eigenvalue weighted by Crippen LogP contribution is 2.37. The summed E-state index contributed by atoms with van der Waals surface area (Å²) in [6.07, 6.45) is 2.08. The first-order valence-corrected chi connectivity index (χ1v) is 13.2. The molecule has 0 radical (unpaired) electrons. The van der Waals surface area contributed by atoms with Crippen LogP contribution in [0, 0.1) is 0 Å². The van der Waals surface area contributed by atoms with E-state index in [-0.39, 0.29) is 12.2 Å². The summed E-state index contributed by atoms with van der Waals surface area (Å²) in [6, 6.07) is 20.5. The number of hydrogen-bond acceptors (Lipinski definition) is 9. The number of carbonyl (C=O) groups is 1. The molecule has 0 aliphatic rings. The highest BCUT2D eigenvalue weighted by molar-refractivity contribution is 7.18. The van der Waals surface area contributed by atoms with Gasteiger partial charge in [0, 0.05) is 24.1 Å². The number of carbonyl (C=O) groups excluding carboxylic acids is 1. The van der Waals surface area contributed by atoms with Crippen LogP contribution in [0.2, 0.25) is 0 Å². The Kier molecular flexibility index (Phi) is 6.83. The molecule has 0 saturated heterocycles. The van der Waals surface area contributed by atoms with Gasteiger partial charge in [-0.15, -0.1) is 5.10 Å². The van der Waals surface area contributed by atoms with Crippen LogP contribution in [0.15, 0.2) is 77.3 Å². The Balaban J connectivity index is 1.21. The van der Waals surface area contributed by atoms with Crippen molar-refractivity contribution in [3.63, 3.8) is 0 Å². The Hall–Kier alpha value is -4.83. The Labute approximate surface area is 233 Å². The van der Waals surface area contributed by atoms with Gasteiger partial charge in [0.15, 0.2) is 11.5 Å². The molecule has 6 aromatic rings. The predicted molar refractivity (Wildman–Crippen MR) is 151 cm³/mol. The summed E-state index contributed by atoms with van der Waals surface area (Å²) in [6.45, 7) is 0.303. The van der Waals surface area contributed by atoms with Crippen LogP contribution in [0.1, 0.15) is 21.5 Å². The van der Waals surface area contributed by atoms with Gasteiger partial charge in [0.05, 0.1) is 32.9 Å². The fraction of sp³-hybridized carbons (Fsp3) is 0.167. The van der Waals surface area contributed by atoms with Gasteiger partial charge in [0.2, 0.25) is 4.96 Å². The van der Waals surface area contributed by atoms with Crippen LogP contribution in [0.5, 0.6) is 22.4 Å². The van der Waals surface area contributed by atoms with E-state index in [1.54, 1.807) is 56.3 Å². The Bertz CT molecular complexity index is 1790. The minimum Gasteiger partial charge on any atom is -0.497 e. The monoisotopic (exact) mass is 555 g/mol. The minimum atomic E-state index is 0.0361. The molecule has 0 unspecified atom stereocenters. The van der Waals surface area contributed by atoms with E-state index in [1.807, 2.05) is 42.5 Å². The molecule has 202 valence electrons. The number of benzene rings is 3. The third-order valence-corrected chi connectivity index (χ3v) is 7.31. The Morgan fingerprint density at radius 2 is 1.73 bits per heavy atom. The quantitative estimate of drug-likeness (QED) is 0.183. The summed E-state index contributed by atoms with van der Waals surface area (Å²) in [4.78, 5) is 18.1. The summed E-state index contributed by atoms with van der Waals surface area (Å²) >= 11 is 1.35. The highest BCUT2D eigenvalue weighted by atomic mass is 32.1. The molecule has 10 heteroatoms. The molecule has 3 aromatic carbocycles. The molecule has 0 aliphatic heterocycles. The fourth-order valence-corrected chi connectivity index (χ4v) is 5.08. The summed E-state index contributed by atoms with van der Waals surface area (Å²) in [7, 11) is 4.77. The number of aromatic nitrogens is 3. The van der Waals surface area contributed by atoms with Gasteiger partial charge in [-0.2, -0.15) is 0 Å². The first-order chi connectivity index (χ1) is 19.5. The second kappa shape index (κ2) is 10.7. The van der Waals surface area contributed by atoms with Crippen LogP contribution in [0.4, 0.5) is 0 Å². The van der Waals surface area contributed by atoms with Crippen molar-refractivity contribution in [2.75, 3.05) is 21.3 Å². The van der Waals surface area contributed by atoms with Crippen LogP contribution in [-0.4, -0.2) is 41.7 Å². The number of ketones is 1. The fourth-order valence-electron chi connectivity index (χ4n) is 4.38. The van der Waals surface area contributed by atoms with E-state index < -0.39 is 0 Å². The van der Waals surface area contributed by atoms with Gasteiger partial charge in [0.25, 0.3) is 5.19 Å². The minimum absolute atomic E-state index is 0.0361. The third kappa shape index (κ3) is 5.08. The standard InChI is InChI=1S/C30H25N3O6S/c1-35-21-9-7-20(8-10-21)25(34)12-18-5-4-6-19(11-18)17-38-26-13-22(36-2)14-27-23(26)15-28(39-27)24-16-33-29(31-24)40-30(32-33)37-3/h4-11,13-16H,12,17H2,1-3H3. The lowest BCUT2D eigenvalue weighted by molar-refractivity contribution is 0.0993. The molecular weight excluding hydrogens is 530 g/mol. The molecule has 40 heavy (non-hydrogen) atoms. The molecule has 3 aromatic heterocycles. The average molecular weight is 556 g/mol. The van der Waals surface area contributed by atoms with Crippen molar-refractivity contribution in [3.8, 4) is 33.9 Å². The van der Waals surface area contributed by atoms with E-state index in [0.717, 1.165) is 22.3 Å². The first-order valence-electron chi connectivity index (χ1n) is 12.4. The number of rotatable bonds is 10. The van der Waals surface area contributed by atoms with Crippen molar-refractivity contribution in [3.05, 3.63) is 89.6 Å². The molecule has 0 fully saturated rings. The molecule has 0 N–H and O–H groups in total. The van der Waals surface area contributed by atoms with Crippen LogP contribution >= 0.6 is 11.3 Å².